The number of Topliss-reactive ketones (excluding diaryl/α,β-unsaturated/α-hetero) is 1. The molecule has 6 bridgehead atoms. The number of benzene rings is 4. The summed E-state index contributed by atoms with van der Waals surface area (Å²) in [7, 11) is -29.4. The van der Waals surface area contributed by atoms with E-state index < -0.39 is 74.4 Å². The Bertz CT molecular complexity index is 4170. The molecule has 0 aliphatic carbocycles. The van der Waals surface area contributed by atoms with Crippen LogP contribution in [0.1, 0.15) is 113 Å². The van der Waals surface area contributed by atoms with Gasteiger partial charge in [-0.1, -0.05) is 110 Å². The van der Waals surface area contributed by atoms with E-state index in [4.69, 9.17) is 38.2 Å². The van der Waals surface area contributed by atoms with Crippen molar-refractivity contribution >= 4 is 118 Å². The molecule has 2 unspecified atom stereocenters. The molecule has 6 heterocycles. The fraction of sp³-hybridized carbons (Fsp3) is 0.492. The summed E-state index contributed by atoms with van der Waals surface area (Å²) in [5, 5.41) is 2.90. The lowest BCUT2D eigenvalue weighted by Crippen LogP contribution is -2.70. The second-order valence-corrected chi connectivity index (χ2v) is 46.7. The summed E-state index contributed by atoms with van der Waals surface area (Å²) in [5.74, 6) is 2.70. The van der Waals surface area contributed by atoms with Crippen LogP contribution in [0.25, 0.3) is 21.5 Å². The van der Waals surface area contributed by atoms with Crippen LogP contribution in [0.3, 0.4) is 0 Å². The first-order chi connectivity index (χ1) is 45.7. The number of fused-ring (bicyclic) bond motifs is 14. The van der Waals surface area contributed by atoms with Gasteiger partial charge < -0.3 is 61.1 Å². The van der Waals surface area contributed by atoms with Gasteiger partial charge in [-0.15, -0.1) is 0 Å². The highest BCUT2D eigenvalue weighted by atomic mass is 31.2. The lowest BCUT2D eigenvalue weighted by atomic mass is 10.1. The zero-order chi connectivity index (χ0) is 69.8. The standard InChI is InChI=1S/C65H92N10O15P4Si3/c1-7-8-35-74(37-20-43-91(77,78)79,36-19-9-10-26-49(2)76)41-24-47-95(3,4)89-97(90-96(5,6)48-25-42-75(38-21-44-92(80,81)82,39-22-45-93(83,84)85)40-23-46-94(86,87)88)72-62-54-31-15-16-32-55(54)64(72)70-60-52-29-13-14-30-53(52)61(67-60)71-65-57-34-18-17-33-56(57)63(73(65)97)69-59-51-28-12-11-27-50(51)58(66-59)68-62/h11-18,27-34H,7-10,19-26,35-48H2,1-6H3,(H6-2,77,78,79,80,81,82,83,84,85,86,87,88)/p+2. The second-order valence-electron chi connectivity index (χ2n) is 27.9. The Kier molecular flexibility index (Phi) is 23.3. The Morgan fingerprint density at radius 2 is 0.742 bits per heavy atom. The Labute approximate surface area is 569 Å². The van der Waals surface area contributed by atoms with Crippen molar-refractivity contribution in [1.29, 1.82) is 0 Å². The molecular weight excluding hydrogens is 1370 g/mol. The van der Waals surface area contributed by atoms with Gasteiger partial charge in [0.15, 0.2) is 40.0 Å². The van der Waals surface area contributed by atoms with Crippen molar-refractivity contribution < 1.29 is 79.4 Å². The maximum atomic E-state index is 12.5. The fourth-order valence-electron chi connectivity index (χ4n) is 14.4. The minimum Gasteiger partial charge on any atom is -0.404 e. The summed E-state index contributed by atoms with van der Waals surface area (Å²) in [5.41, 5.74) is 3.95. The number of carbonyl (C=O) groups is 1. The van der Waals surface area contributed by atoms with Crippen molar-refractivity contribution in [2.45, 2.75) is 129 Å². The molecular formula is C65H94N10O15P4Si3+2. The van der Waals surface area contributed by atoms with Gasteiger partial charge in [-0.3, -0.25) is 26.7 Å². The highest BCUT2D eigenvalue weighted by molar-refractivity contribution is 7.52. The van der Waals surface area contributed by atoms with E-state index in [1.807, 2.05) is 97.1 Å². The van der Waals surface area contributed by atoms with Crippen molar-refractivity contribution in [2.75, 3.05) is 77.0 Å². The first-order valence-electron chi connectivity index (χ1n) is 33.7. The van der Waals surface area contributed by atoms with Crippen molar-refractivity contribution in [3.63, 3.8) is 0 Å². The molecule has 2 atom stereocenters. The van der Waals surface area contributed by atoms with E-state index in [0.717, 1.165) is 89.0 Å². The van der Waals surface area contributed by atoms with Crippen LogP contribution >= 0.6 is 30.4 Å². The molecule has 0 amide bonds. The molecule has 32 heteroatoms. The minimum absolute atomic E-state index is 0.0337. The third-order valence-electron chi connectivity index (χ3n) is 18.9. The topological polar surface area (TPSA) is 350 Å². The van der Waals surface area contributed by atoms with E-state index in [-0.39, 0.29) is 55.3 Å². The average Bonchev–Trinajstić information content (AvgIpc) is 1.54. The van der Waals surface area contributed by atoms with E-state index in [1.165, 1.54) is 0 Å². The van der Waals surface area contributed by atoms with E-state index in [9.17, 15) is 62.2 Å². The number of aliphatic imine (C=N–C) groups is 4. The van der Waals surface area contributed by atoms with Gasteiger partial charge in [-0.25, -0.2) is 30.0 Å². The predicted molar refractivity (Wildman–Crippen MR) is 387 cm³/mol. The number of quaternary nitrogens is 2. The average molecular weight is 1460 g/mol. The molecule has 0 saturated carbocycles. The maximum absolute atomic E-state index is 12.5. The molecule has 0 radical (unpaired) electrons. The SMILES string of the molecule is CCCC[N+](CCCCCC(C)=O)(CCC[Si](C)(C)O[Si]1(O[Si](C)(C)CCC[N+](CCCP(=O)(O)O)(CCCP(=O)(O)O)CCCP(=O)(O)O)n2c3c4ccccc4c2N=C2N=C(N=c4c5ccccc5c(n41)=NC1=NC(=N3)c3ccccc31)c1ccccc12)CCCP(=O)(O)O. The molecule has 0 fully saturated rings. The van der Waals surface area contributed by atoms with Gasteiger partial charge in [0.25, 0.3) is 0 Å². The van der Waals surface area contributed by atoms with E-state index in [2.05, 4.69) is 41.6 Å². The highest BCUT2D eigenvalue weighted by Gasteiger charge is 2.58. The van der Waals surface area contributed by atoms with Crippen LogP contribution in [-0.2, 0) is 31.3 Å². The Morgan fingerprint density at radius 3 is 1.09 bits per heavy atom. The van der Waals surface area contributed by atoms with Gasteiger partial charge >= 0.3 is 39.3 Å². The quantitative estimate of drug-likeness (QED) is 0.00778. The molecule has 8 N–H and O–H groups in total. The molecule has 25 nitrogen and oxygen atoms in total. The highest BCUT2D eigenvalue weighted by Crippen LogP contribution is 2.47. The summed E-state index contributed by atoms with van der Waals surface area (Å²) in [4.78, 5) is 126. The number of hydrogen-bond acceptors (Lipinski definition) is 13. The van der Waals surface area contributed by atoms with Crippen LogP contribution in [0.15, 0.2) is 127 Å². The van der Waals surface area contributed by atoms with Gasteiger partial charge in [0.2, 0.25) is 0 Å². The van der Waals surface area contributed by atoms with Crippen LogP contribution in [-0.4, -0.2) is 188 Å². The Balaban J connectivity index is 1.21. The van der Waals surface area contributed by atoms with Crippen LogP contribution in [0.5, 0.6) is 0 Å². The number of unbranched alkanes of at least 4 members (excludes halogenated alkanes) is 3. The smallest absolute Gasteiger partial charge is 0.404 e. The van der Waals surface area contributed by atoms with Crippen LogP contribution < -0.4 is 11.0 Å². The van der Waals surface area contributed by atoms with Crippen LogP contribution in [0, 0.1) is 0 Å². The Morgan fingerprint density at radius 1 is 0.423 bits per heavy atom. The summed E-state index contributed by atoms with van der Waals surface area (Å²) in [6.07, 6.45) is 4.66. The lowest BCUT2D eigenvalue weighted by molar-refractivity contribution is -0.928. The number of amidine groups is 4. The fourth-order valence-corrected chi connectivity index (χ4v) is 29.2. The summed E-state index contributed by atoms with van der Waals surface area (Å²) in [6, 6.07) is 32.6. The van der Waals surface area contributed by atoms with Gasteiger partial charge in [0.1, 0.15) is 28.4 Å². The van der Waals surface area contributed by atoms with Gasteiger partial charge in [0.05, 0.1) is 77.0 Å². The van der Waals surface area contributed by atoms with E-state index in [1.54, 1.807) is 6.92 Å². The third kappa shape index (κ3) is 18.6. The van der Waals surface area contributed by atoms with E-state index in [0.29, 0.717) is 108 Å². The lowest BCUT2D eigenvalue weighted by Gasteiger charge is -2.44. The number of aromatic nitrogens is 2. The van der Waals surface area contributed by atoms with Crippen molar-refractivity contribution in [2.24, 2.45) is 30.0 Å². The molecule has 524 valence electrons. The first kappa shape index (κ1) is 74.7. The van der Waals surface area contributed by atoms with Crippen molar-refractivity contribution in [3.05, 3.63) is 130 Å². The molecule has 6 aromatic rings. The molecule has 0 saturated heterocycles. The first-order valence-corrected chi connectivity index (χ1v) is 48.9. The van der Waals surface area contributed by atoms with Crippen LogP contribution in [0.4, 0.5) is 11.6 Å². The van der Waals surface area contributed by atoms with Crippen molar-refractivity contribution in [3.8, 4) is 0 Å². The van der Waals surface area contributed by atoms with Gasteiger partial charge in [0, 0.05) is 75.9 Å². The summed E-state index contributed by atoms with van der Waals surface area (Å²) >= 11 is 0. The summed E-state index contributed by atoms with van der Waals surface area (Å²) in [6.45, 7) is 16.0. The number of carbonyl (C=O) groups excluding carboxylic acids is 1. The van der Waals surface area contributed by atoms with Gasteiger partial charge in [-0.2, -0.15) is 0 Å². The van der Waals surface area contributed by atoms with E-state index >= 15 is 0 Å². The number of ketones is 1. The molecule has 0 spiro atoms. The largest absolute Gasteiger partial charge is 0.582 e. The Hall–Kier alpha value is -5.00. The maximum Gasteiger partial charge on any atom is 0.582 e. The van der Waals surface area contributed by atoms with Gasteiger partial charge in [-0.05, 0) is 83.7 Å². The molecule has 2 aromatic heterocycles. The zero-order valence-electron chi connectivity index (χ0n) is 56.3. The zero-order valence-corrected chi connectivity index (χ0v) is 62.9. The minimum atomic E-state index is -4.84. The molecule has 4 aliphatic rings. The number of hydrogen-bond donors (Lipinski definition) is 8. The van der Waals surface area contributed by atoms with Crippen molar-refractivity contribution in [1.82, 2.24) is 8.47 Å². The summed E-state index contributed by atoms with van der Waals surface area (Å²) < 4.78 is 71.8. The number of rotatable bonds is 37. The monoisotopic (exact) mass is 1460 g/mol. The molecule has 97 heavy (non-hydrogen) atoms. The molecule has 4 aliphatic heterocycles. The normalized spacial score (nSPS) is 17.0. The van der Waals surface area contributed by atoms with Crippen LogP contribution in [0.2, 0.25) is 38.3 Å². The third-order valence-corrected chi connectivity index (χ3v) is 34.2. The number of nitrogens with zero attached hydrogens (tertiary/aromatic N) is 10. The second kappa shape index (κ2) is 30.3. The predicted octanol–water partition coefficient (Wildman–Crippen LogP) is 10.4. The molecule has 4 aromatic carbocycles. The molecule has 10 rings (SSSR count).